The summed E-state index contributed by atoms with van der Waals surface area (Å²) in [5, 5.41) is 19.1. The summed E-state index contributed by atoms with van der Waals surface area (Å²) in [4.78, 5) is 13.7. The molecule has 0 heterocycles. The van der Waals surface area contributed by atoms with Gasteiger partial charge in [0.15, 0.2) is 0 Å². The third-order valence-corrected chi connectivity index (χ3v) is 2.90. The van der Waals surface area contributed by atoms with E-state index in [4.69, 9.17) is 0 Å². The zero-order chi connectivity index (χ0) is 13.9. The van der Waals surface area contributed by atoms with Crippen LogP contribution in [0.5, 0.6) is 5.75 Å². The molecule has 1 unspecified atom stereocenters. The summed E-state index contributed by atoms with van der Waals surface area (Å²) in [6.07, 6.45) is 0.0847. The number of nitrogens with zero attached hydrogens (tertiary/aromatic N) is 1. The van der Waals surface area contributed by atoms with Gasteiger partial charge in [-0.15, -0.1) is 0 Å². The Labute approximate surface area is 108 Å². The fraction of sp³-hybridized carbons (Fsp3) is 0.500. The molecule has 2 N–H and O–H groups in total. The van der Waals surface area contributed by atoms with Crippen LogP contribution in [0.4, 0.5) is 0 Å². The largest absolute Gasteiger partial charge is 0.507 e. The van der Waals surface area contributed by atoms with Gasteiger partial charge in [-0.05, 0) is 44.4 Å². The van der Waals surface area contributed by atoms with Crippen molar-refractivity contribution in [3.05, 3.63) is 28.8 Å². The Morgan fingerprint density at radius 3 is 2.56 bits per heavy atom. The minimum atomic E-state index is -0.437. The lowest BCUT2D eigenvalue weighted by Gasteiger charge is -2.19. The van der Waals surface area contributed by atoms with E-state index in [1.807, 2.05) is 13.0 Å². The molecule has 1 rings (SSSR count). The van der Waals surface area contributed by atoms with Crippen LogP contribution in [0.15, 0.2) is 12.1 Å². The summed E-state index contributed by atoms with van der Waals surface area (Å²) in [6.45, 7) is 5.81. The van der Waals surface area contributed by atoms with Crippen molar-refractivity contribution < 1.29 is 15.0 Å². The number of aliphatic hydroxyl groups is 1. The number of phenols is 1. The van der Waals surface area contributed by atoms with Gasteiger partial charge in [-0.25, -0.2) is 0 Å². The lowest BCUT2D eigenvalue weighted by Crippen LogP contribution is -2.29. The summed E-state index contributed by atoms with van der Waals surface area (Å²) in [7, 11) is 1.67. The van der Waals surface area contributed by atoms with Gasteiger partial charge in [0.2, 0.25) is 0 Å². The van der Waals surface area contributed by atoms with Gasteiger partial charge in [0, 0.05) is 13.6 Å². The molecule has 1 amide bonds. The average Bonchev–Trinajstić information content (AvgIpc) is 2.29. The molecule has 0 aliphatic carbocycles. The number of aryl methyl sites for hydroxylation is 2. The quantitative estimate of drug-likeness (QED) is 0.858. The number of carbonyl (C=O) groups is 1. The second-order valence-electron chi connectivity index (χ2n) is 4.84. The maximum atomic E-state index is 12.2. The SMILES string of the molecule is Cc1cc(C)c(O)c(C(=O)N(C)CCC(C)O)c1. The van der Waals surface area contributed by atoms with Crippen LogP contribution >= 0.6 is 0 Å². The zero-order valence-electron chi connectivity index (χ0n) is 11.4. The number of rotatable bonds is 4. The second-order valence-corrected chi connectivity index (χ2v) is 4.84. The molecule has 0 aromatic heterocycles. The van der Waals surface area contributed by atoms with Gasteiger partial charge in [0.1, 0.15) is 5.75 Å². The highest BCUT2D eigenvalue weighted by Gasteiger charge is 2.17. The smallest absolute Gasteiger partial charge is 0.257 e. The molecule has 0 bridgehead atoms. The average molecular weight is 251 g/mol. The van der Waals surface area contributed by atoms with Crippen LogP contribution in [0, 0.1) is 13.8 Å². The van der Waals surface area contributed by atoms with Crippen molar-refractivity contribution >= 4 is 5.91 Å². The highest BCUT2D eigenvalue weighted by Crippen LogP contribution is 2.24. The summed E-state index contributed by atoms with van der Waals surface area (Å²) in [5.41, 5.74) is 1.96. The van der Waals surface area contributed by atoms with Crippen LogP contribution in [0.25, 0.3) is 0 Å². The van der Waals surface area contributed by atoms with Crippen LogP contribution in [0.1, 0.15) is 34.8 Å². The molecule has 0 radical (unpaired) electrons. The molecular formula is C14H21NO3. The number of phenolic OH excluding ortho intramolecular Hbond substituents is 1. The number of aromatic hydroxyl groups is 1. The molecule has 100 valence electrons. The number of benzene rings is 1. The highest BCUT2D eigenvalue weighted by molar-refractivity contribution is 5.97. The lowest BCUT2D eigenvalue weighted by molar-refractivity contribution is 0.0766. The molecule has 1 aromatic carbocycles. The van der Waals surface area contributed by atoms with Gasteiger partial charge in [0.05, 0.1) is 11.7 Å². The van der Waals surface area contributed by atoms with Crippen molar-refractivity contribution in [3.8, 4) is 5.75 Å². The molecular weight excluding hydrogens is 230 g/mol. The standard InChI is InChI=1S/C14H21NO3/c1-9-7-10(2)13(17)12(8-9)14(18)15(4)6-5-11(3)16/h7-8,11,16-17H,5-6H2,1-4H3. The Morgan fingerprint density at radius 2 is 2.00 bits per heavy atom. The van der Waals surface area contributed by atoms with Crippen molar-refractivity contribution in [3.63, 3.8) is 0 Å². The molecule has 0 aliphatic heterocycles. The zero-order valence-corrected chi connectivity index (χ0v) is 11.4. The Bertz CT molecular complexity index is 441. The fourth-order valence-electron chi connectivity index (χ4n) is 1.81. The maximum absolute atomic E-state index is 12.2. The number of carbonyl (C=O) groups excluding carboxylic acids is 1. The third kappa shape index (κ3) is 3.47. The minimum Gasteiger partial charge on any atom is -0.507 e. The molecule has 4 nitrogen and oxygen atoms in total. The molecule has 0 spiro atoms. The third-order valence-electron chi connectivity index (χ3n) is 2.90. The fourth-order valence-corrected chi connectivity index (χ4v) is 1.81. The summed E-state index contributed by atoms with van der Waals surface area (Å²) in [6, 6.07) is 3.52. The first kappa shape index (κ1) is 14.5. The van der Waals surface area contributed by atoms with Crippen molar-refractivity contribution in [2.24, 2.45) is 0 Å². The Balaban J connectivity index is 2.90. The normalized spacial score (nSPS) is 12.3. The van der Waals surface area contributed by atoms with Gasteiger partial charge < -0.3 is 15.1 Å². The summed E-state index contributed by atoms with van der Waals surface area (Å²) < 4.78 is 0. The molecule has 1 aromatic rings. The van der Waals surface area contributed by atoms with Crippen molar-refractivity contribution in [2.45, 2.75) is 33.3 Å². The molecule has 0 aliphatic rings. The molecule has 1 atom stereocenters. The summed E-state index contributed by atoms with van der Waals surface area (Å²) in [5.74, 6) is -0.186. The predicted octanol–water partition coefficient (Wildman–Crippen LogP) is 1.85. The van der Waals surface area contributed by atoms with Crippen LogP contribution in [0.2, 0.25) is 0 Å². The van der Waals surface area contributed by atoms with E-state index < -0.39 is 6.10 Å². The summed E-state index contributed by atoms with van der Waals surface area (Å²) >= 11 is 0. The van der Waals surface area contributed by atoms with E-state index in [1.54, 1.807) is 27.0 Å². The van der Waals surface area contributed by atoms with E-state index in [0.717, 1.165) is 5.56 Å². The van der Waals surface area contributed by atoms with Crippen LogP contribution in [0.3, 0.4) is 0 Å². The first-order valence-electron chi connectivity index (χ1n) is 6.06. The Hall–Kier alpha value is -1.55. The van der Waals surface area contributed by atoms with Crippen LogP contribution in [-0.4, -0.2) is 40.7 Å². The van der Waals surface area contributed by atoms with Gasteiger partial charge in [-0.2, -0.15) is 0 Å². The van der Waals surface area contributed by atoms with E-state index >= 15 is 0 Å². The first-order valence-corrected chi connectivity index (χ1v) is 6.06. The molecule has 0 saturated heterocycles. The van der Waals surface area contributed by atoms with E-state index in [1.165, 1.54) is 4.90 Å². The monoisotopic (exact) mass is 251 g/mol. The number of amides is 1. The van der Waals surface area contributed by atoms with Crippen LogP contribution < -0.4 is 0 Å². The molecule has 0 fully saturated rings. The topological polar surface area (TPSA) is 60.8 Å². The van der Waals surface area contributed by atoms with Gasteiger partial charge in [0.25, 0.3) is 5.91 Å². The number of aliphatic hydroxyl groups excluding tert-OH is 1. The van der Waals surface area contributed by atoms with E-state index in [9.17, 15) is 15.0 Å². The molecule has 4 heteroatoms. The first-order chi connectivity index (χ1) is 8.32. The van der Waals surface area contributed by atoms with Gasteiger partial charge in [-0.1, -0.05) is 6.07 Å². The lowest BCUT2D eigenvalue weighted by atomic mass is 10.0. The van der Waals surface area contributed by atoms with Crippen molar-refractivity contribution in [1.82, 2.24) is 4.90 Å². The van der Waals surface area contributed by atoms with Crippen LogP contribution in [-0.2, 0) is 0 Å². The molecule has 0 saturated carbocycles. The second kappa shape index (κ2) is 5.87. The van der Waals surface area contributed by atoms with E-state index in [0.29, 0.717) is 24.1 Å². The molecule has 18 heavy (non-hydrogen) atoms. The van der Waals surface area contributed by atoms with Crippen molar-refractivity contribution in [1.29, 1.82) is 0 Å². The minimum absolute atomic E-state index is 0.0366. The van der Waals surface area contributed by atoms with E-state index in [-0.39, 0.29) is 11.7 Å². The number of hydrogen-bond acceptors (Lipinski definition) is 3. The van der Waals surface area contributed by atoms with Gasteiger partial charge in [-0.3, -0.25) is 4.79 Å². The van der Waals surface area contributed by atoms with Gasteiger partial charge >= 0.3 is 0 Å². The predicted molar refractivity (Wildman–Crippen MR) is 70.8 cm³/mol. The van der Waals surface area contributed by atoms with Crippen molar-refractivity contribution in [2.75, 3.05) is 13.6 Å². The highest BCUT2D eigenvalue weighted by atomic mass is 16.3. The number of hydrogen-bond donors (Lipinski definition) is 2. The Kier molecular flexibility index (Phi) is 4.73. The Morgan fingerprint density at radius 1 is 1.39 bits per heavy atom. The van der Waals surface area contributed by atoms with E-state index in [2.05, 4.69) is 0 Å². The maximum Gasteiger partial charge on any atom is 0.257 e.